The van der Waals surface area contributed by atoms with Crippen LogP contribution >= 0.6 is 0 Å². The Morgan fingerprint density at radius 3 is 2.83 bits per heavy atom. The van der Waals surface area contributed by atoms with Crippen molar-refractivity contribution >= 4 is 5.91 Å². The zero-order valence-corrected chi connectivity index (χ0v) is 13.8. The molecule has 5 heteroatoms. The molecule has 0 spiro atoms. The van der Waals surface area contributed by atoms with Gasteiger partial charge >= 0.3 is 0 Å². The van der Waals surface area contributed by atoms with Gasteiger partial charge in [0.05, 0.1) is 32.8 Å². The molecular weight excluding hydrogens is 304 g/mol. The number of aromatic nitrogens is 1. The van der Waals surface area contributed by atoms with Gasteiger partial charge in [0.1, 0.15) is 5.75 Å². The van der Waals surface area contributed by atoms with E-state index in [2.05, 4.69) is 10.3 Å². The van der Waals surface area contributed by atoms with Crippen molar-refractivity contribution in [2.45, 2.75) is 18.9 Å². The monoisotopic (exact) mass is 326 g/mol. The predicted octanol–water partition coefficient (Wildman–Crippen LogP) is 2.01. The number of para-hydroxylation sites is 1. The number of carbonyl (C=O) groups excluding carboxylic acids is 1. The second-order valence-electron chi connectivity index (χ2n) is 6.02. The molecule has 1 saturated heterocycles. The summed E-state index contributed by atoms with van der Waals surface area (Å²) >= 11 is 0. The molecule has 0 radical (unpaired) electrons. The number of methoxy groups -OCH3 is 1. The topological polar surface area (TPSA) is 60.5 Å². The van der Waals surface area contributed by atoms with Gasteiger partial charge in [-0.2, -0.15) is 0 Å². The van der Waals surface area contributed by atoms with Gasteiger partial charge in [-0.15, -0.1) is 0 Å². The lowest BCUT2D eigenvalue weighted by atomic mass is 9.95. The number of carbonyl (C=O) groups is 1. The van der Waals surface area contributed by atoms with E-state index in [1.807, 2.05) is 36.4 Å². The van der Waals surface area contributed by atoms with E-state index in [0.29, 0.717) is 19.6 Å². The van der Waals surface area contributed by atoms with E-state index in [0.717, 1.165) is 17.7 Å². The minimum atomic E-state index is -0.00488. The van der Waals surface area contributed by atoms with Crippen LogP contribution in [0.3, 0.4) is 0 Å². The van der Waals surface area contributed by atoms with Crippen LogP contribution in [0.1, 0.15) is 11.1 Å². The second kappa shape index (κ2) is 7.93. The number of rotatable bonds is 6. The van der Waals surface area contributed by atoms with Gasteiger partial charge in [-0.3, -0.25) is 9.78 Å². The van der Waals surface area contributed by atoms with Crippen molar-refractivity contribution in [1.29, 1.82) is 0 Å². The van der Waals surface area contributed by atoms with Crippen LogP contribution in [0, 0.1) is 5.92 Å². The molecule has 1 aromatic carbocycles. The fourth-order valence-corrected chi connectivity index (χ4v) is 3.06. The normalized spacial score (nSPS) is 19.9. The van der Waals surface area contributed by atoms with Crippen LogP contribution in [-0.4, -0.2) is 37.3 Å². The van der Waals surface area contributed by atoms with Crippen LogP contribution in [0.4, 0.5) is 0 Å². The maximum absolute atomic E-state index is 12.4. The number of nitrogens with zero attached hydrogens (tertiary/aromatic N) is 1. The molecule has 2 heterocycles. The standard InChI is InChI=1S/C19H22N2O3/c1-23-18-5-3-2-4-15(18)11-19(22)21-17-13-24-12-16(17)10-14-6-8-20-9-7-14/h2-9,16-17H,10-13H2,1H3,(H,21,22)/t16-,17+/m1/s1. The van der Waals surface area contributed by atoms with Crippen LogP contribution in [0.15, 0.2) is 48.8 Å². The van der Waals surface area contributed by atoms with Crippen LogP contribution < -0.4 is 10.1 Å². The summed E-state index contributed by atoms with van der Waals surface area (Å²) in [5.41, 5.74) is 2.10. The molecule has 1 aromatic heterocycles. The summed E-state index contributed by atoms with van der Waals surface area (Å²) < 4.78 is 10.9. The van der Waals surface area contributed by atoms with Gasteiger partial charge in [0.15, 0.2) is 0 Å². The van der Waals surface area contributed by atoms with Gasteiger partial charge in [0.2, 0.25) is 5.91 Å². The zero-order chi connectivity index (χ0) is 16.8. The Morgan fingerprint density at radius 1 is 1.25 bits per heavy atom. The predicted molar refractivity (Wildman–Crippen MR) is 90.9 cm³/mol. The number of nitrogens with one attached hydrogen (secondary N) is 1. The van der Waals surface area contributed by atoms with E-state index < -0.39 is 0 Å². The first-order valence-corrected chi connectivity index (χ1v) is 8.14. The number of ether oxygens (including phenoxy) is 2. The Labute approximate surface area is 142 Å². The van der Waals surface area contributed by atoms with Crippen molar-refractivity contribution in [3.63, 3.8) is 0 Å². The summed E-state index contributed by atoms with van der Waals surface area (Å²) in [4.78, 5) is 16.4. The Morgan fingerprint density at radius 2 is 2.04 bits per heavy atom. The van der Waals surface area contributed by atoms with E-state index in [1.54, 1.807) is 19.5 Å². The number of amides is 1. The van der Waals surface area contributed by atoms with Gasteiger partial charge in [-0.05, 0) is 30.2 Å². The maximum Gasteiger partial charge on any atom is 0.224 e. The molecule has 3 rings (SSSR count). The molecule has 1 aliphatic heterocycles. The van der Waals surface area contributed by atoms with Gasteiger partial charge in [0, 0.05) is 23.9 Å². The lowest BCUT2D eigenvalue weighted by Gasteiger charge is -2.19. The molecule has 0 aliphatic carbocycles. The first-order chi connectivity index (χ1) is 11.8. The summed E-state index contributed by atoms with van der Waals surface area (Å²) in [6, 6.07) is 11.6. The van der Waals surface area contributed by atoms with Crippen LogP contribution in [0.5, 0.6) is 5.75 Å². The van der Waals surface area contributed by atoms with Crippen molar-refractivity contribution in [2.75, 3.05) is 20.3 Å². The smallest absolute Gasteiger partial charge is 0.224 e. The van der Waals surface area contributed by atoms with Crippen LogP contribution in [0.2, 0.25) is 0 Å². The fourth-order valence-electron chi connectivity index (χ4n) is 3.06. The number of pyridine rings is 1. The van der Waals surface area contributed by atoms with Gasteiger partial charge in [0.25, 0.3) is 0 Å². The Hall–Kier alpha value is -2.40. The van der Waals surface area contributed by atoms with Crippen LogP contribution in [0.25, 0.3) is 0 Å². The molecular formula is C19H22N2O3. The van der Waals surface area contributed by atoms with Crippen LogP contribution in [-0.2, 0) is 22.4 Å². The highest BCUT2D eigenvalue weighted by Gasteiger charge is 2.29. The number of hydrogen-bond donors (Lipinski definition) is 1. The third-order valence-corrected chi connectivity index (χ3v) is 4.34. The molecule has 0 saturated carbocycles. The molecule has 2 aromatic rings. The van der Waals surface area contributed by atoms with Crippen molar-refractivity contribution in [3.05, 3.63) is 59.9 Å². The minimum Gasteiger partial charge on any atom is -0.496 e. The van der Waals surface area contributed by atoms with Crippen molar-refractivity contribution in [1.82, 2.24) is 10.3 Å². The molecule has 0 bridgehead atoms. The molecule has 126 valence electrons. The minimum absolute atomic E-state index is 0.00488. The number of hydrogen-bond acceptors (Lipinski definition) is 4. The Kier molecular flexibility index (Phi) is 5.43. The van der Waals surface area contributed by atoms with Crippen molar-refractivity contribution in [2.24, 2.45) is 5.92 Å². The first-order valence-electron chi connectivity index (χ1n) is 8.14. The summed E-state index contributed by atoms with van der Waals surface area (Å²) in [7, 11) is 1.62. The Balaban J connectivity index is 1.59. The van der Waals surface area contributed by atoms with Crippen molar-refractivity contribution in [3.8, 4) is 5.75 Å². The molecule has 2 atom stereocenters. The highest BCUT2D eigenvalue weighted by atomic mass is 16.5. The SMILES string of the molecule is COc1ccccc1CC(=O)N[C@H]1COC[C@H]1Cc1ccncc1. The van der Waals surface area contributed by atoms with E-state index in [9.17, 15) is 4.79 Å². The third-order valence-electron chi connectivity index (χ3n) is 4.34. The van der Waals surface area contributed by atoms with E-state index in [-0.39, 0.29) is 17.9 Å². The third kappa shape index (κ3) is 4.11. The quantitative estimate of drug-likeness (QED) is 0.882. The molecule has 0 unspecified atom stereocenters. The van der Waals surface area contributed by atoms with Gasteiger partial charge in [-0.25, -0.2) is 0 Å². The summed E-state index contributed by atoms with van der Waals surface area (Å²) in [5.74, 6) is 1.02. The van der Waals surface area contributed by atoms with Crippen molar-refractivity contribution < 1.29 is 14.3 Å². The lowest BCUT2D eigenvalue weighted by molar-refractivity contribution is -0.121. The lowest BCUT2D eigenvalue weighted by Crippen LogP contribution is -2.41. The zero-order valence-electron chi connectivity index (χ0n) is 13.8. The van der Waals surface area contributed by atoms with Gasteiger partial charge < -0.3 is 14.8 Å². The molecule has 1 amide bonds. The van der Waals surface area contributed by atoms with E-state index in [4.69, 9.17) is 9.47 Å². The molecule has 1 fully saturated rings. The Bertz CT molecular complexity index is 675. The molecule has 1 aliphatic rings. The summed E-state index contributed by atoms with van der Waals surface area (Å²) in [5, 5.41) is 3.11. The largest absolute Gasteiger partial charge is 0.496 e. The maximum atomic E-state index is 12.4. The average molecular weight is 326 g/mol. The molecule has 5 nitrogen and oxygen atoms in total. The van der Waals surface area contributed by atoms with E-state index in [1.165, 1.54) is 5.56 Å². The highest BCUT2D eigenvalue weighted by molar-refractivity contribution is 5.79. The van der Waals surface area contributed by atoms with Gasteiger partial charge in [-0.1, -0.05) is 18.2 Å². The number of benzene rings is 1. The highest BCUT2D eigenvalue weighted by Crippen LogP contribution is 2.21. The fraction of sp³-hybridized carbons (Fsp3) is 0.368. The first kappa shape index (κ1) is 16.5. The molecule has 24 heavy (non-hydrogen) atoms. The average Bonchev–Trinajstić information content (AvgIpc) is 3.03. The molecule has 1 N–H and O–H groups in total. The van der Waals surface area contributed by atoms with E-state index >= 15 is 0 Å². The summed E-state index contributed by atoms with van der Waals surface area (Å²) in [6.07, 6.45) is 4.77. The second-order valence-corrected chi connectivity index (χ2v) is 6.02. The summed E-state index contributed by atoms with van der Waals surface area (Å²) in [6.45, 7) is 1.23.